The first kappa shape index (κ1) is 12.9. The molecule has 0 heterocycles. The number of hydrogen-bond acceptors (Lipinski definition) is 2. The van der Waals surface area contributed by atoms with Crippen molar-refractivity contribution in [2.75, 3.05) is 0 Å². The summed E-state index contributed by atoms with van der Waals surface area (Å²) in [6.07, 6.45) is 0.835. The van der Waals surface area contributed by atoms with E-state index in [-0.39, 0.29) is 10.8 Å². The van der Waals surface area contributed by atoms with E-state index >= 15 is 0 Å². The minimum Gasteiger partial charge on any atom is -0.478 e. The van der Waals surface area contributed by atoms with E-state index in [4.69, 9.17) is 5.11 Å². The summed E-state index contributed by atoms with van der Waals surface area (Å²) in [5.41, 5.74) is 0.896. The molecule has 0 aromatic heterocycles. The van der Waals surface area contributed by atoms with Crippen molar-refractivity contribution >= 4 is 16.8 Å². The highest BCUT2D eigenvalue weighted by atomic mass is 32.2. The Morgan fingerprint density at radius 3 is 2.62 bits per heavy atom. The Morgan fingerprint density at radius 1 is 1.44 bits per heavy atom. The average Bonchev–Trinajstić information content (AvgIpc) is 2.28. The van der Waals surface area contributed by atoms with Crippen LogP contribution in [-0.2, 0) is 16.6 Å². The molecule has 0 amide bonds. The van der Waals surface area contributed by atoms with Gasteiger partial charge >= 0.3 is 5.97 Å². The fraction of sp³-hybridized carbons (Fsp3) is 0.417. The molecule has 2 atom stereocenters. The van der Waals surface area contributed by atoms with Crippen molar-refractivity contribution in [1.82, 2.24) is 0 Å². The van der Waals surface area contributed by atoms with Gasteiger partial charge in [0.1, 0.15) is 0 Å². The van der Waals surface area contributed by atoms with Crippen molar-refractivity contribution in [1.29, 1.82) is 0 Å². The second kappa shape index (κ2) is 5.80. The lowest BCUT2D eigenvalue weighted by molar-refractivity contribution is 0.0696. The van der Waals surface area contributed by atoms with Crippen molar-refractivity contribution in [3.05, 3.63) is 35.4 Å². The summed E-state index contributed by atoms with van der Waals surface area (Å²) >= 11 is 0. The summed E-state index contributed by atoms with van der Waals surface area (Å²) in [7, 11) is -1.01. The van der Waals surface area contributed by atoms with Crippen LogP contribution in [0.3, 0.4) is 0 Å². The van der Waals surface area contributed by atoms with Crippen LogP contribution < -0.4 is 0 Å². The first-order valence-electron chi connectivity index (χ1n) is 5.24. The maximum atomic E-state index is 11.8. The fourth-order valence-corrected chi connectivity index (χ4v) is 2.55. The Labute approximate surface area is 98.0 Å². The Bertz CT molecular complexity index is 401. The van der Waals surface area contributed by atoms with E-state index in [1.54, 1.807) is 24.3 Å². The number of carboxylic acids is 1. The molecule has 3 nitrogen and oxygen atoms in total. The van der Waals surface area contributed by atoms with Crippen LogP contribution in [0.25, 0.3) is 0 Å². The van der Waals surface area contributed by atoms with E-state index in [0.29, 0.717) is 11.3 Å². The van der Waals surface area contributed by atoms with Gasteiger partial charge in [0, 0.05) is 21.8 Å². The summed E-state index contributed by atoms with van der Waals surface area (Å²) in [4.78, 5) is 10.9. The quantitative estimate of drug-likeness (QED) is 0.860. The molecule has 0 spiro atoms. The normalized spacial score (nSPS) is 14.4. The van der Waals surface area contributed by atoms with Crippen molar-refractivity contribution < 1.29 is 14.1 Å². The van der Waals surface area contributed by atoms with E-state index < -0.39 is 16.8 Å². The van der Waals surface area contributed by atoms with Crippen LogP contribution in [0.1, 0.15) is 36.2 Å². The van der Waals surface area contributed by atoms with Crippen molar-refractivity contribution in [3.63, 3.8) is 0 Å². The van der Waals surface area contributed by atoms with Gasteiger partial charge in [0.05, 0.1) is 5.56 Å². The van der Waals surface area contributed by atoms with Crippen LogP contribution >= 0.6 is 0 Å². The van der Waals surface area contributed by atoms with E-state index in [1.807, 2.05) is 13.8 Å². The zero-order chi connectivity index (χ0) is 12.1. The predicted octanol–water partition coefficient (Wildman–Crippen LogP) is 2.43. The van der Waals surface area contributed by atoms with Crippen molar-refractivity contribution in [3.8, 4) is 0 Å². The van der Waals surface area contributed by atoms with E-state index in [2.05, 4.69) is 0 Å². The highest BCUT2D eigenvalue weighted by molar-refractivity contribution is 7.84. The molecule has 0 bridgehead atoms. The largest absolute Gasteiger partial charge is 0.478 e. The SMILES string of the molecule is CCC(C)S(=O)Cc1ccccc1C(=O)O. The zero-order valence-electron chi connectivity index (χ0n) is 9.47. The first-order valence-corrected chi connectivity index (χ1v) is 6.62. The van der Waals surface area contributed by atoms with Gasteiger partial charge in [0.15, 0.2) is 0 Å². The number of carboxylic acid groups (broad SMARTS) is 1. The number of aromatic carboxylic acids is 1. The number of hydrogen-bond donors (Lipinski definition) is 1. The van der Waals surface area contributed by atoms with Crippen molar-refractivity contribution in [2.24, 2.45) is 0 Å². The van der Waals surface area contributed by atoms with E-state index in [0.717, 1.165) is 6.42 Å². The second-order valence-corrected chi connectivity index (χ2v) is 5.56. The summed E-state index contributed by atoms with van der Waals surface area (Å²) in [5.74, 6) is -0.644. The Hall–Kier alpha value is -1.16. The number of benzene rings is 1. The number of carbonyl (C=O) groups is 1. The Kier molecular flexibility index (Phi) is 4.68. The molecule has 0 radical (unpaired) electrons. The molecule has 88 valence electrons. The lowest BCUT2D eigenvalue weighted by Crippen LogP contribution is -2.13. The number of rotatable bonds is 5. The van der Waals surface area contributed by atoms with Crippen molar-refractivity contribution in [2.45, 2.75) is 31.3 Å². The Balaban J connectivity index is 2.89. The van der Waals surface area contributed by atoms with Crippen LogP contribution in [-0.4, -0.2) is 20.5 Å². The van der Waals surface area contributed by atoms with E-state index in [9.17, 15) is 9.00 Å². The molecule has 1 N–H and O–H groups in total. The lowest BCUT2D eigenvalue weighted by atomic mass is 10.1. The van der Waals surface area contributed by atoms with Crippen LogP contribution in [0.5, 0.6) is 0 Å². The summed E-state index contributed by atoms with van der Waals surface area (Å²) in [6.45, 7) is 3.89. The topological polar surface area (TPSA) is 54.4 Å². The van der Waals surface area contributed by atoms with E-state index in [1.165, 1.54) is 0 Å². The molecule has 1 aromatic rings. The van der Waals surface area contributed by atoms with Gasteiger partial charge in [-0.1, -0.05) is 32.0 Å². The molecule has 4 heteroatoms. The summed E-state index contributed by atoms with van der Waals surface area (Å²) < 4.78 is 11.8. The molecule has 1 aromatic carbocycles. The first-order chi connectivity index (χ1) is 7.56. The molecule has 0 aliphatic rings. The molecule has 1 rings (SSSR count). The smallest absolute Gasteiger partial charge is 0.335 e. The van der Waals surface area contributed by atoms with Gasteiger partial charge in [-0.05, 0) is 18.1 Å². The third kappa shape index (κ3) is 3.17. The van der Waals surface area contributed by atoms with Gasteiger partial charge in [0.25, 0.3) is 0 Å². The van der Waals surface area contributed by atoms with Gasteiger partial charge in [0.2, 0.25) is 0 Å². The second-order valence-electron chi connectivity index (χ2n) is 3.71. The minimum atomic E-state index is -1.01. The van der Waals surface area contributed by atoms with Crippen LogP contribution in [0.4, 0.5) is 0 Å². The highest BCUT2D eigenvalue weighted by Gasteiger charge is 2.14. The zero-order valence-corrected chi connectivity index (χ0v) is 10.3. The van der Waals surface area contributed by atoms with Crippen LogP contribution in [0.2, 0.25) is 0 Å². The molecule has 0 fully saturated rings. The molecule has 0 saturated carbocycles. The molecule has 16 heavy (non-hydrogen) atoms. The molecule has 0 aliphatic carbocycles. The van der Waals surface area contributed by atoms with Gasteiger partial charge in [-0.15, -0.1) is 0 Å². The van der Waals surface area contributed by atoms with Gasteiger partial charge in [-0.2, -0.15) is 0 Å². The summed E-state index contributed by atoms with van der Waals surface area (Å²) in [6, 6.07) is 6.73. The maximum Gasteiger partial charge on any atom is 0.335 e. The maximum absolute atomic E-state index is 11.8. The predicted molar refractivity (Wildman–Crippen MR) is 65.0 cm³/mol. The highest BCUT2D eigenvalue weighted by Crippen LogP contribution is 2.14. The molecule has 2 unspecified atom stereocenters. The molecular weight excluding hydrogens is 224 g/mol. The minimum absolute atomic E-state index is 0.0989. The third-order valence-corrected chi connectivity index (χ3v) is 4.40. The molecule has 0 saturated heterocycles. The lowest BCUT2D eigenvalue weighted by Gasteiger charge is -2.10. The van der Waals surface area contributed by atoms with Gasteiger partial charge < -0.3 is 5.11 Å². The Morgan fingerprint density at radius 2 is 2.06 bits per heavy atom. The van der Waals surface area contributed by atoms with Gasteiger partial charge in [-0.25, -0.2) is 4.79 Å². The monoisotopic (exact) mass is 240 g/mol. The van der Waals surface area contributed by atoms with Crippen LogP contribution in [0.15, 0.2) is 24.3 Å². The average molecular weight is 240 g/mol. The molecule has 0 aliphatic heterocycles. The van der Waals surface area contributed by atoms with Crippen LogP contribution in [0, 0.1) is 0 Å². The standard InChI is InChI=1S/C12H16O3S/c1-3-9(2)16(15)8-10-6-4-5-7-11(10)12(13)14/h4-7,9H,3,8H2,1-2H3,(H,13,14). The fourth-order valence-electron chi connectivity index (χ4n) is 1.34. The molecular formula is C12H16O3S. The van der Waals surface area contributed by atoms with Gasteiger partial charge in [-0.3, -0.25) is 4.21 Å². The summed E-state index contributed by atoms with van der Waals surface area (Å²) in [5, 5.41) is 9.07. The third-order valence-electron chi connectivity index (χ3n) is 2.57.